The summed E-state index contributed by atoms with van der Waals surface area (Å²) in [6.45, 7) is 1.26. The summed E-state index contributed by atoms with van der Waals surface area (Å²) in [5.41, 5.74) is -0.357. The van der Waals surface area contributed by atoms with Gasteiger partial charge in [0.2, 0.25) is 0 Å². The molecule has 0 unspecified atom stereocenters. The van der Waals surface area contributed by atoms with Gasteiger partial charge in [-0.05, 0) is 25.0 Å². The molecule has 1 aromatic rings. The summed E-state index contributed by atoms with van der Waals surface area (Å²) < 4.78 is 10.3. The van der Waals surface area contributed by atoms with Crippen LogP contribution in [0.5, 0.6) is 0 Å². The lowest BCUT2D eigenvalue weighted by atomic mass is 9.92. The molecule has 0 spiro atoms. The number of hydrogen-bond acceptors (Lipinski definition) is 3. The number of ether oxygens (including phenoxy) is 1. The minimum absolute atomic E-state index is 0.215. The molecule has 88 valence electrons. The zero-order chi connectivity index (χ0) is 11.4. The highest BCUT2D eigenvalue weighted by Crippen LogP contribution is 2.22. The zero-order valence-electron chi connectivity index (χ0n) is 8.87. The van der Waals surface area contributed by atoms with Crippen LogP contribution in [-0.2, 0) is 4.74 Å². The number of furan rings is 1. The summed E-state index contributed by atoms with van der Waals surface area (Å²) in [6.07, 6.45) is 2.96. The van der Waals surface area contributed by atoms with Gasteiger partial charge in [-0.1, -0.05) is 0 Å². The summed E-state index contributed by atoms with van der Waals surface area (Å²) in [4.78, 5) is 11.8. The molecular formula is C11H14ClNO3. The van der Waals surface area contributed by atoms with Crippen LogP contribution in [0.1, 0.15) is 23.4 Å². The van der Waals surface area contributed by atoms with Gasteiger partial charge in [0, 0.05) is 19.1 Å². The molecule has 5 heteroatoms. The van der Waals surface area contributed by atoms with Crippen LogP contribution < -0.4 is 5.32 Å². The monoisotopic (exact) mass is 243 g/mol. The van der Waals surface area contributed by atoms with Crippen molar-refractivity contribution in [3.05, 3.63) is 24.2 Å². The van der Waals surface area contributed by atoms with Crippen molar-refractivity contribution >= 4 is 17.5 Å². The van der Waals surface area contributed by atoms with Crippen LogP contribution >= 0.6 is 11.6 Å². The summed E-state index contributed by atoms with van der Waals surface area (Å²) in [5.74, 6) is 0.492. The Balaban J connectivity index is 2.03. The van der Waals surface area contributed by atoms with Crippen molar-refractivity contribution < 1.29 is 13.9 Å². The van der Waals surface area contributed by atoms with E-state index in [0.717, 1.165) is 12.8 Å². The highest BCUT2D eigenvalue weighted by Gasteiger charge is 2.34. The van der Waals surface area contributed by atoms with Crippen molar-refractivity contribution in [1.29, 1.82) is 0 Å². The second-order valence-corrected chi connectivity index (χ2v) is 4.23. The van der Waals surface area contributed by atoms with Crippen LogP contribution in [0.2, 0.25) is 0 Å². The number of halogens is 1. The molecule has 0 aromatic carbocycles. The van der Waals surface area contributed by atoms with Gasteiger partial charge < -0.3 is 14.5 Å². The fourth-order valence-corrected chi connectivity index (χ4v) is 2.10. The van der Waals surface area contributed by atoms with Gasteiger partial charge in [0.1, 0.15) is 0 Å². The largest absolute Gasteiger partial charge is 0.459 e. The molecule has 1 fully saturated rings. The molecule has 1 aliphatic heterocycles. The molecule has 1 aliphatic rings. The quantitative estimate of drug-likeness (QED) is 0.824. The predicted octanol–water partition coefficient (Wildman–Crippen LogP) is 1.80. The third-order valence-electron chi connectivity index (χ3n) is 2.83. The van der Waals surface area contributed by atoms with Crippen molar-refractivity contribution in [3.8, 4) is 0 Å². The first-order valence-corrected chi connectivity index (χ1v) is 5.79. The highest BCUT2D eigenvalue weighted by atomic mass is 35.5. The molecule has 1 aromatic heterocycles. The van der Waals surface area contributed by atoms with Crippen LogP contribution in [0.25, 0.3) is 0 Å². The lowest BCUT2D eigenvalue weighted by Gasteiger charge is -2.35. The van der Waals surface area contributed by atoms with Crippen molar-refractivity contribution in [3.63, 3.8) is 0 Å². The van der Waals surface area contributed by atoms with E-state index in [4.69, 9.17) is 20.8 Å². The lowest BCUT2D eigenvalue weighted by molar-refractivity contribution is 0.0425. The Morgan fingerprint density at radius 1 is 1.50 bits per heavy atom. The molecule has 16 heavy (non-hydrogen) atoms. The molecule has 2 heterocycles. The number of carbonyl (C=O) groups is 1. The second-order valence-electron chi connectivity index (χ2n) is 3.96. The third-order valence-corrected chi connectivity index (χ3v) is 3.34. The molecule has 1 saturated heterocycles. The SMILES string of the molecule is O=C(NC1(CCl)CCOCC1)c1ccco1. The van der Waals surface area contributed by atoms with E-state index in [9.17, 15) is 4.79 Å². The van der Waals surface area contributed by atoms with E-state index in [2.05, 4.69) is 5.32 Å². The summed E-state index contributed by atoms with van der Waals surface area (Å²) in [5, 5.41) is 2.94. The van der Waals surface area contributed by atoms with E-state index in [1.165, 1.54) is 6.26 Å². The Morgan fingerprint density at radius 3 is 2.81 bits per heavy atom. The topological polar surface area (TPSA) is 51.5 Å². The number of alkyl halides is 1. The van der Waals surface area contributed by atoms with Gasteiger partial charge in [0.25, 0.3) is 5.91 Å². The Hall–Kier alpha value is -1.00. The maximum absolute atomic E-state index is 11.8. The van der Waals surface area contributed by atoms with Crippen molar-refractivity contribution in [2.24, 2.45) is 0 Å². The van der Waals surface area contributed by atoms with Gasteiger partial charge in [-0.3, -0.25) is 4.79 Å². The number of amides is 1. The first-order valence-electron chi connectivity index (χ1n) is 5.25. The molecule has 0 aliphatic carbocycles. The van der Waals surface area contributed by atoms with E-state index < -0.39 is 0 Å². The summed E-state index contributed by atoms with van der Waals surface area (Å²) >= 11 is 5.94. The van der Waals surface area contributed by atoms with E-state index >= 15 is 0 Å². The van der Waals surface area contributed by atoms with Crippen LogP contribution in [0.15, 0.2) is 22.8 Å². The molecular weight excluding hydrogens is 230 g/mol. The number of hydrogen-bond donors (Lipinski definition) is 1. The van der Waals surface area contributed by atoms with Gasteiger partial charge in [-0.2, -0.15) is 0 Å². The molecule has 0 bridgehead atoms. The van der Waals surface area contributed by atoms with Gasteiger partial charge in [0.05, 0.1) is 11.8 Å². The van der Waals surface area contributed by atoms with E-state index in [-0.39, 0.29) is 11.4 Å². The Kier molecular flexibility index (Phi) is 3.51. The second kappa shape index (κ2) is 4.89. The standard InChI is InChI=1S/C11H14ClNO3/c12-8-11(3-6-15-7-4-11)13-10(14)9-2-1-5-16-9/h1-2,5H,3-4,6-8H2,(H,13,14). The first-order chi connectivity index (χ1) is 7.76. The molecule has 1 N–H and O–H groups in total. The first kappa shape index (κ1) is 11.5. The fraction of sp³-hybridized carbons (Fsp3) is 0.545. The average Bonchev–Trinajstić information content (AvgIpc) is 2.84. The van der Waals surface area contributed by atoms with Crippen LogP contribution in [-0.4, -0.2) is 30.5 Å². The Labute approximate surface area is 98.9 Å². The van der Waals surface area contributed by atoms with Crippen LogP contribution in [0, 0.1) is 0 Å². The minimum Gasteiger partial charge on any atom is -0.459 e. The lowest BCUT2D eigenvalue weighted by Crippen LogP contribution is -2.53. The van der Waals surface area contributed by atoms with Crippen molar-refractivity contribution in [1.82, 2.24) is 5.32 Å². The predicted molar refractivity (Wildman–Crippen MR) is 59.7 cm³/mol. The maximum atomic E-state index is 11.8. The van der Waals surface area contributed by atoms with Gasteiger partial charge in [-0.25, -0.2) is 0 Å². The molecule has 0 atom stereocenters. The summed E-state index contributed by atoms with van der Waals surface area (Å²) in [7, 11) is 0. The van der Waals surface area contributed by atoms with E-state index in [1.807, 2.05) is 0 Å². The smallest absolute Gasteiger partial charge is 0.287 e. The Morgan fingerprint density at radius 2 is 2.25 bits per heavy atom. The molecule has 2 rings (SSSR count). The maximum Gasteiger partial charge on any atom is 0.287 e. The van der Waals surface area contributed by atoms with Crippen molar-refractivity contribution in [2.45, 2.75) is 18.4 Å². The summed E-state index contributed by atoms with van der Waals surface area (Å²) in [6, 6.07) is 3.32. The van der Waals surface area contributed by atoms with E-state index in [1.54, 1.807) is 12.1 Å². The van der Waals surface area contributed by atoms with Crippen molar-refractivity contribution in [2.75, 3.05) is 19.1 Å². The zero-order valence-corrected chi connectivity index (χ0v) is 9.63. The molecule has 1 amide bonds. The number of nitrogens with one attached hydrogen (secondary N) is 1. The average molecular weight is 244 g/mol. The highest BCUT2D eigenvalue weighted by molar-refractivity contribution is 6.18. The fourth-order valence-electron chi connectivity index (χ4n) is 1.76. The van der Waals surface area contributed by atoms with Gasteiger partial charge in [0.15, 0.2) is 5.76 Å². The van der Waals surface area contributed by atoms with Crippen LogP contribution in [0.3, 0.4) is 0 Å². The molecule has 0 radical (unpaired) electrons. The number of carbonyl (C=O) groups excluding carboxylic acids is 1. The van der Waals surface area contributed by atoms with Gasteiger partial charge in [-0.15, -0.1) is 11.6 Å². The Bertz CT molecular complexity index is 344. The third kappa shape index (κ3) is 2.39. The number of rotatable bonds is 3. The van der Waals surface area contributed by atoms with Crippen LogP contribution in [0.4, 0.5) is 0 Å². The molecule has 4 nitrogen and oxygen atoms in total. The van der Waals surface area contributed by atoms with Gasteiger partial charge >= 0.3 is 0 Å². The minimum atomic E-state index is -0.357. The molecule has 0 saturated carbocycles. The normalized spacial score (nSPS) is 19.3. The van der Waals surface area contributed by atoms with E-state index in [0.29, 0.717) is 24.9 Å².